The van der Waals surface area contributed by atoms with Crippen LogP contribution < -0.4 is 10.9 Å². The zero-order chi connectivity index (χ0) is 25.8. The van der Waals surface area contributed by atoms with Crippen LogP contribution in [0.25, 0.3) is 21.9 Å². The quantitative estimate of drug-likeness (QED) is 0.334. The molecule has 0 fully saturated rings. The maximum atomic E-state index is 13.6. The fourth-order valence-corrected chi connectivity index (χ4v) is 4.42. The van der Waals surface area contributed by atoms with Gasteiger partial charge in [-0.05, 0) is 53.8 Å². The van der Waals surface area contributed by atoms with Gasteiger partial charge in [0.1, 0.15) is 5.69 Å². The highest BCUT2D eigenvalue weighted by Crippen LogP contribution is 2.33. The van der Waals surface area contributed by atoms with Gasteiger partial charge in [0.05, 0.1) is 19.8 Å². The number of aliphatic hydroxyl groups excluding tert-OH is 1. The number of benzene rings is 3. The van der Waals surface area contributed by atoms with Gasteiger partial charge in [0.25, 0.3) is 11.5 Å². The standard InChI is InChI=1S/C28H25BrN2O5/c1-17(32)15-30-26(33)20-10-8-18(9-11-20)16-31-25(28(35)36-2)24(19-6-4-3-5-7-19)23-14-21(29)12-13-22(23)27(31)34/h3-14,17,32H,15-16H2,1-2H3,(H,30,33). The maximum Gasteiger partial charge on any atom is 0.355 e. The lowest BCUT2D eigenvalue weighted by Gasteiger charge is -2.19. The van der Waals surface area contributed by atoms with Crippen molar-refractivity contribution in [1.29, 1.82) is 0 Å². The molecule has 0 saturated heterocycles. The van der Waals surface area contributed by atoms with Gasteiger partial charge in [0.15, 0.2) is 0 Å². The summed E-state index contributed by atoms with van der Waals surface area (Å²) >= 11 is 3.48. The van der Waals surface area contributed by atoms with E-state index in [0.717, 1.165) is 15.6 Å². The van der Waals surface area contributed by atoms with Gasteiger partial charge >= 0.3 is 5.97 Å². The number of pyridine rings is 1. The van der Waals surface area contributed by atoms with Gasteiger partial charge in [0.2, 0.25) is 0 Å². The molecular formula is C28H25BrN2O5. The molecule has 1 heterocycles. The van der Waals surface area contributed by atoms with Crippen molar-refractivity contribution in [2.75, 3.05) is 13.7 Å². The summed E-state index contributed by atoms with van der Waals surface area (Å²) in [6.45, 7) is 1.84. The second kappa shape index (κ2) is 10.9. The second-order valence-electron chi connectivity index (χ2n) is 8.42. The van der Waals surface area contributed by atoms with Crippen LogP contribution in [-0.2, 0) is 11.3 Å². The molecule has 4 aromatic rings. The molecule has 3 aromatic carbocycles. The number of rotatable bonds is 7. The fourth-order valence-electron chi connectivity index (χ4n) is 4.06. The number of amides is 1. The minimum Gasteiger partial charge on any atom is -0.464 e. The number of methoxy groups -OCH3 is 1. The summed E-state index contributed by atoms with van der Waals surface area (Å²) in [6, 6.07) is 21.5. The Morgan fingerprint density at radius 1 is 1.03 bits per heavy atom. The first-order chi connectivity index (χ1) is 17.3. The van der Waals surface area contributed by atoms with Crippen molar-refractivity contribution in [2.45, 2.75) is 19.6 Å². The van der Waals surface area contributed by atoms with Crippen LogP contribution in [0.4, 0.5) is 0 Å². The van der Waals surface area contributed by atoms with Crippen molar-refractivity contribution in [3.8, 4) is 11.1 Å². The molecule has 0 saturated carbocycles. The van der Waals surface area contributed by atoms with Crippen molar-refractivity contribution >= 4 is 38.6 Å². The molecule has 0 aliphatic carbocycles. The molecule has 0 radical (unpaired) electrons. The average molecular weight is 549 g/mol. The van der Waals surface area contributed by atoms with Gasteiger partial charge < -0.3 is 15.2 Å². The number of carbonyl (C=O) groups is 2. The molecule has 184 valence electrons. The normalized spacial score (nSPS) is 11.8. The van der Waals surface area contributed by atoms with Crippen molar-refractivity contribution in [3.05, 3.63) is 104 Å². The van der Waals surface area contributed by atoms with Gasteiger partial charge in [-0.1, -0.05) is 58.4 Å². The van der Waals surface area contributed by atoms with E-state index >= 15 is 0 Å². The molecule has 0 aliphatic heterocycles. The van der Waals surface area contributed by atoms with Crippen LogP contribution in [0.15, 0.2) is 82.1 Å². The molecule has 0 spiro atoms. The van der Waals surface area contributed by atoms with Gasteiger partial charge in [-0.2, -0.15) is 0 Å². The maximum absolute atomic E-state index is 13.6. The van der Waals surface area contributed by atoms with Crippen molar-refractivity contribution < 1.29 is 19.4 Å². The topological polar surface area (TPSA) is 97.6 Å². The Bertz CT molecular complexity index is 1480. The van der Waals surface area contributed by atoms with Crippen LogP contribution in [-0.4, -0.2) is 41.3 Å². The Balaban J connectivity index is 1.86. The molecule has 1 amide bonds. The predicted molar refractivity (Wildman–Crippen MR) is 142 cm³/mol. The molecule has 1 atom stereocenters. The van der Waals surface area contributed by atoms with Gasteiger partial charge in [0, 0.05) is 27.5 Å². The molecule has 1 unspecified atom stereocenters. The monoisotopic (exact) mass is 548 g/mol. The zero-order valence-corrected chi connectivity index (χ0v) is 21.4. The minimum absolute atomic E-state index is 0.102. The van der Waals surface area contributed by atoms with Crippen molar-refractivity contribution in [1.82, 2.24) is 9.88 Å². The first kappa shape index (κ1) is 25.3. The van der Waals surface area contributed by atoms with E-state index < -0.39 is 12.1 Å². The first-order valence-electron chi connectivity index (χ1n) is 11.3. The summed E-state index contributed by atoms with van der Waals surface area (Å²) < 4.78 is 7.33. The summed E-state index contributed by atoms with van der Waals surface area (Å²) in [4.78, 5) is 39.0. The average Bonchev–Trinajstić information content (AvgIpc) is 2.89. The van der Waals surface area contributed by atoms with E-state index in [9.17, 15) is 19.5 Å². The van der Waals surface area contributed by atoms with E-state index in [0.29, 0.717) is 21.9 Å². The third kappa shape index (κ3) is 5.24. The SMILES string of the molecule is COC(=O)c1c(-c2ccccc2)c2cc(Br)ccc2c(=O)n1Cc1ccc(C(=O)NCC(C)O)cc1. The molecule has 0 bridgehead atoms. The number of carbonyl (C=O) groups excluding carboxylic acids is 2. The third-order valence-corrected chi connectivity index (χ3v) is 6.28. The fraction of sp³-hybridized carbons (Fsp3) is 0.179. The highest BCUT2D eigenvalue weighted by atomic mass is 79.9. The summed E-state index contributed by atoms with van der Waals surface area (Å²) in [5, 5.41) is 13.1. The Morgan fingerprint density at radius 3 is 2.36 bits per heavy atom. The number of esters is 1. The van der Waals surface area contributed by atoms with E-state index in [1.165, 1.54) is 11.7 Å². The summed E-state index contributed by atoms with van der Waals surface area (Å²) in [6.07, 6.45) is -0.649. The van der Waals surface area contributed by atoms with Crippen LogP contribution in [0.1, 0.15) is 33.3 Å². The molecule has 1 aromatic heterocycles. The zero-order valence-electron chi connectivity index (χ0n) is 19.8. The number of fused-ring (bicyclic) bond motifs is 1. The van der Waals surface area contributed by atoms with Gasteiger partial charge in [-0.25, -0.2) is 4.79 Å². The molecule has 4 rings (SSSR count). The summed E-state index contributed by atoms with van der Waals surface area (Å²) in [5.41, 5.74) is 2.36. The van der Waals surface area contributed by atoms with Crippen molar-refractivity contribution in [2.24, 2.45) is 0 Å². The van der Waals surface area contributed by atoms with E-state index in [1.807, 2.05) is 36.4 Å². The first-order valence-corrected chi connectivity index (χ1v) is 12.1. The molecule has 8 heteroatoms. The molecular weight excluding hydrogens is 524 g/mol. The van der Waals surface area contributed by atoms with Crippen LogP contribution in [0, 0.1) is 0 Å². The van der Waals surface area contributed by atoms with Crippen LogP contribution in [0.2, 0.25) is 0 Å². The number of aliphatic hydroxyl groups is 1. The van der Waals surface area contributed by atoms with Gasteiger partial charge in [-0.3, -0.25) is 14.2 Å². The number of hydrogen-bond acceptors (Lipinski definition) is 5. The van der Waals surface area contributed by atoms with Crippen LogP contribution >= 0.6 is 15.9 Å². The number of nitrogens with one attached hydrogen (secondary N) is 1. The van der Waals surface area contributed by atoms with E-state index in [4.69, 9.17) is 4.74 Å². The lowest BCUT2D eigenvalue weighted by Crippen LogP contribution is -2.30. The van der Waals surface area contributed by atoms with Crippen LogP contribution in [0.5, 0.6) is 0 Å². The summed E-state index contributed by atoms with van der Waals surface area (Å²) in [5.74, 6) is -0.931. The lowest BCUT2D eigenvalue weighted by molar-refractivity contribution is 0.0588. The second-order valence-corrected chi connectivity index (χ2v) is 9.33. The van der Waals surface area contributed by atoms with E-state index in [2.05, 4.69) is 21.2 Å². The lowest BCUT2D eigenvalue weighted by atomic mass is 9.96. The van der Waals surface area contributed by atoms with Crippen molar-refractivity contribution in [3.63, 3.8) is 0 Å². The minimum atomic E-state index is -0.649. The molecule has 36 heavy (non-hydrogen) atoms. The number of ether oxygens (including phenoxy) is 1. The number of hydrogen-bond donors (Lipinski definition) is 2. The third-order valence-electron chi connectivity index (χ3n) is 5.79. The predicted octanol–water partition coefficient (Wildman–Crippen LogP) is 4.38. The summed E-state index contributed by atoms with van der Waals surface area (Å²) in [7, 11) is 1.29. The Kier molecular flexibility index (Phi) is 7.67. The Hall–Kier alpha value is -3.75. The highest BCUT2D eigenvalue weighted by molar-refractivity contribution is 9.10. The Morgan fingerprint density at radius 2 is 1.72 bits per heavy atom. The number of aromatic nitrogens is 1. The smallest absolute Gasteiger partial charge is 0.355 e. The number of nitrogens with zero attached hydrogens (tertiary/aromatic N) is 1. The van der Waals surface area contributed by atoms with Gasteiger partial charge in [-0.15, -0.1) is 0 Å². The van der Waals surface area contributed by atoms with E-state index in [-0.39, 0.29) is 30.2 Å². The highest BCUT2D eigenvalue weighted by Gasteiger charge is 2.24. The number of halogens is 1. The molecule has 7 nitrogen and oxygen atoms in total. The Labute approximate surface area is 216 Å². The van der Waals surface area contributed by atoms with E-state index in [1.54, 1.807) is 43.3 Å². The molecule has 0 aliphatic rings. The largest absolute Gasteiger partial charge is 0.464 e. The molecule has 2 N–H and O–H groups in total. The van der Waals surface area contributed by atoms with Crippen LogP contribution in [0.3, 0.4) is 0 Å².